The number of ketones is 1. The number of hydrogen-bond donors (Lipinski definition) is 1. The predicted octanol–water partition coefficient (Wildman–Crippen LogP) is 5.09. The average molecular weight is 433 g/mol. The fraction of sp³-hybridized carbons (Fsp3) is 0.815. The molecular weight excluding hydrogens is 386 g/mol. The first-order chi connectivity index (χ1) is 16.7. The van der Waals surface area contributed by atoms with Crippen molar-refractivity contribution in [2.24, 2.45) is 40.4 Å². The molecule has 4 aliphatic carbocycles. The van der Waals surface area contributed by atoms with Crippen LogP contribution >= 0.6 is 0 Å². The number of aliphatic hydroxyl groups is 1. The van der Waals surface area contributed by atoms with Gasteiger partial charge in [-0.2, -0.15) is 0 Å². The lowest BCUT2D eigenvalue weighted by atomic mass is 9.44. The lowest BCUT2D eigenvalue weighted by molar-refractivity contribution is -0.164. The van der Waals surface area contributed by atoms with Crippen LogP contribution in [0.4, 0.5) is 0 Å². The zero-order valence-electron chi connectivity index (χ0n) is 24.2. The van der Waals surface area contributed by atoms with E-state index in [0.717, 1.165) is 38.5 Å². The predicted molar refractivity (Wildman–Crippen MR) is 121 cm³/mol. The van der Waals surface area contributed by atoms with Crippen molar-refractivity contribution in [1.82, 2.24) is 4.57 Å². The van der Waals surface area contributed by atoms with Gasteiger partial charge in [-0.25, -0.2) is 0 Å². The van der Waals surface area contributed by atoms with Crippen molar-refractivity contribution < 1.29 is 21.5 Å². The fourth-order valence-electron chi connectivity index (χ4n) is 8.34. The average Bonchev–Trinajstić information content (AvgIpc) is 3.39. The number of ether oxygens (including phenoxy) is 1. The van der Waals surface area contributed by atoms with Gasteiger partial charge in [0.25, 0.3) is 0 Å². The quantitative estimate of drug-likeness (QED) is 0.705. The van der Waals surface area contributed by atoms with Crippen LogP contribution in [0.25, 0.3) is 0 Å². The van der Waals surface area contributed by atoms with E-state index < -0.39 is 30.0 Å². The molecule has 4 heteroatoms. The highest BCUT2D eigenvalue weighted by atomic mass is 16.5. The number of methoxy groups -OCH3 is 1. The normalized spacial score (nSPS) is 53.0. The van der Waals surface area contributed by atoms with Crippen LogP contribution < -0.4 is 0 Å². The molecule has 4 nitrogen and oxygen atoms in total. The summed E-state index contributed by atoms with van der Waals surface area (Å²) >= 11 is 0. The summed E-state index contributed by atoms with van der Waals surface area (Å²) in [5.41, 5.74) is -1.97. The molecule has 4 saturated carbocycles. The van der Waals surface area contributed by atoms with E-state index in [1.165, 1.54) is 11.7 Å². The molecule has 1 N–H and O–H groups in total. The van der Waals surface area contributed by atoms with Crippen LogP contribution in [0.15, 0.2) is 24.5 Å². The molecule has 1 aromatic rings. The molecule has 9 atom stereocenters. The summed E-state index contributed by atoms with van der Waals surface area (Å²) in [5.74, 6) is -0.421. The van der Waals surface area contributed by atoms with E-state index in [2.05, 4.69) is 13.8 Å². The van der Waals surface area contributed by atoms with E-state index in [1.54, 1.807) is 18.3 Å². The lowest BCUT2D eigenvalue weighted by Gasteiger charge is -2.62. The third-order valence-electron chi connectivity index (χ3n) is 9.92. The summed E-state index contributed by atoms with van der Waals surface area (Å²) < 4.78 is 49.0. The molecule has 31 heavy (non-hydrogen) atoms. The SMILES string of the molecule is [2H]c1cccn1C([2H])C(=O)[C@@]1([2H])CC[C@H]2[C@@H]3CC[C@H]4C[C@@](O)(C([2H])([2H])OC)CC[C@]4(C)[C@H]3CC[C@@]21C. The Hall–Kier alpha value is -1.13. The molecule has 1 heterocycles. The number of nitrogens with zero attached hydrogens (tertiary/aromatic N) is 1. The van der Waals surface area contributed by atoms with E-state index in [9.17, 15) is 11.3 Å². The number of hydrogen-bond acceptors (Lipinski definition) is 3. The maximum atomic E-state index is 13.7. The van der Waals surface area contributed by atoms with Crippen LogP contribution in [0.2, 0.25) is 0 Å². The van der Waals surface area contributed by atoms with Crippen molar-refractivity contribution in [2.45, 2.75) is 83.8 Å². The summed E-state index contributed by atoms with van der Waals surface area (Å²) in [6.45, 7) is 1.10. The van der Waals surface area contributed by atoms with Gasteiger partial charge in [0.2, 0.25) is 0 Å². The van der Waals surface area contributed by atoms with Gasteiger partial charge in [0, 0.05) is 26.7 Å². The van der Waals surface area contributed by atoms with Crippen molar-refractivity contribution in [2.75, 3.05) is 13.7 Å². The van der Waals surface area contributed by atoms with Crippen LogP contribution in [0.1, 0.15) is 78.5 Å². The summed E-state index contributed by atoms with van der Waals surface area (Å²) in [7, 11) is 1.32. The molecule has 0 saturated heterocycles. The summed E-state index contributed by atoms with van der Waals surface area (Å²) in [6.07, 6.45) is 8.10. The van der Waals surface area contributed by atoms with E-state index in [0.29, 0.717) is 31.1 Å². The molecule has 0 spiro atoms. The van der Waals surface area contributed by atoms with E-state index in [1.807, 2.05) is 0 Å². The third kappa shape index (κ3) is 3.44. The van der Waals surface area contributed by atoms with Crippen molar-refractivity contribution in [1.29, 1.82) is 0 Å². The minimum Gasteiger partial charge on any atom is -0.387 e. The van der Waals surface area contributed by atoms with Crippen molar-refractivity contribution >= 4 is 5.78 Å². The molecule has 172 valence electrons. The van der Waals surface area contributed by atoms with Crippen molar-refractivity contribution in [3.63, 3.8) is 0 Å². The Morgan fingerprint density at radius 2 is 1.97 bits per heavy atom. The summed E-state index contributed by atoms with van der Waals surface area (Å²) in [6, 6.07) is 3.24. The molecule has 4 aliphatic rings. The first-order valence-electron chi connectivity index (χ1n) is 14.7. The highest BCUT2D eigenvalue weighted by molar-refractivity contribution is 5.82. The van der Waals surface area contributed by atoms with Crippen molar-refractivity contribution in [3.8, 4) is 0 Å². The third-order valence-corrected chi connectivity index (χ3v) is 9.92. The standard InChI is InChI=1S/C27H41NO3/c1-25-12-13-27(30,18-31-3)16-19(25)6-7-20-21-8-9-23(26(21,2)11-10-22(20)25)24(29)17-28-14-4-5-15-28/h4-5,14-15,19-23,30H,6-13,16-18H2,1-3H3/t19-,20-,21-,22-,23+,25-,26-,27+/m0/s1/i14D,17D,18D2,23D/t17?,19-,20-,21-,22-,23+,25-,26-,27+. The zero-order chi connectivity index (χ0) is 26.3. The van der Waals surface area contributed by atoms with E-state index in [4.69, 9.17) is 10.2 Å². The highest BCUT2D eigenvalue weighted by Crippen LogP contribution is 2.68. The van der Waals surface area contributed by atoms with Gasteiger partial charge in [-0.1, -0.05) is 13.8 Å². The second kappa shape index (κ2) is 7.73. The molecule has 0 amide bonds. The maximum Gasteiger partial charge on any atom is 0.156 e. The van der Waals surface area contributed by atoms with Gasteiger partial charge >= 0.3 is 0 Å². The second-order valence-corrected chi connectivity index (χ2v) is 11.2. The summed E-state index contributed by atoms with van der Waals surface area (Å²) in [5, 5.41) is 11.2. The van der Waals surface area contributed by atoms with Gasteiger partial charge in [0.15, 0.2) is 5.78 Å². The van der Waals surface area contributed by atoms with Crippen LogP contribution in [0, 0.1) is 40.4 Å². The van der Waals surface area contributed by atoms with E-state index >= 15 is 0 Å². The molecule has 5 rings (SSSR count). The minimum absolute atomic E-state index is 0.000797. The molecule has 1 unspecified atom stereocenters. The molecule has 0 bridgehead atoms. The zero-order valence-corrected chi connectivity index (χ0v) is 19.2. The molecular formula is C27H41NO3. The smallest absolute Gasteiger partial charge is 0.156 e. The Morgan fingerprint density at radius 1 is 1.16 bits per heavy atom. The van der Waals surface area contributed by atoms with Crippen LogP contribution in [0.3, 0.4) is 0 Å². The number of rotatable bonds is 5. The first kappa shape index (κ1) is 16.5. The van der Waals surface area contributed by atoms with Gasteiger partial charge in [0.1, 0.15) is 0 Å². The molecule has 1 aromatic heterocycles. The van der Waals surface area contributed by atoms with Crippen molar-refractivity contribution in [3.05, 3.63) is 24.5 Å². The minimum atomic E-state index is -2.07. The van der Waals surface area contributed by atoms with Gasteiger partial charge < -0.3 is 14.4 Å². The number of Topliss-reactive ketones (excluding diaryl/α,β-unsaturated/α-hetero) is 1. The Kier molecular flexibility index (Phi) is 4.11. The first-order valence-corrected chi connectivity index (χ1v) is 12.1. The van der Waals surface area contributed by atoms with Gasteiger partial charge in [0.05, 0.1) is 24.2 Å². The summed E-state index contributed by atoms with van der Waals surface area (Å²) in [4.78, 5) is 13.7. The number of carbonyl (C=O) groups is 1. The lowest BCUT2D eigenvalue weighted by Crippen LogP contribution is -2.56. The fourth-order valence-corrected chi connectivity index (χ4v) is 8.34. The number of fused-ring (bicyclic) bond motifs is 5. The maximum absolute atomic E-state index is 13.7. The largest absolute Gasteiger partial charge is 0.387 e. The number of carbonyl (C=O) groups excluding carboxylic acids is 1. The Morgan fingerprint density at radius 3 is 2.71 bits per heavy atom. The molecule has 0 radical (unpaired) electrons. The van der Waals surface area contributed by atoms with Crippen LogP contribution in [-0.4, -0.2) is 34.7 Å². The Labute approximate surface area is 194 Å². The highest BCUT2D eigenvalue weighted by Gasteiger charge is 2.62. The molecule has 4 fully saturated rings. The monoisotopic (exact) mass is 432 g/mol. The van der Waals surface area contributed by atoms with Gasteiger partial charge in [-0.05, 0) is 104 Å². The van der Waals surface area contributed by atoms with Gasteiger partial charge in [-0.15, -0.1) is 0 Å². The number of aromatic nitrogens is 1. The second-order valence-electron chi connectivity index (χ2n) is 11.2. The topological polar surface area (TPSA) is 51.5 Å². The Balaban J connectivity index is 1.39. The van der Waals surface area contributed by atoms with Crippen LogP contribution in [0.5, 0.6) is 0 Å². The molecule has 0 aromatic carbocycles. The molecule has 0 aliphatic heterocycles. The van der Waals surface area contributed by atoms with Crippen LogP contribution in [-0.2, 0) is 16.1 Å². The Bertz CT molecular complexity index is 1030. The van der Waals surface area contributed by atoms with Gasteiger partial charge in [-0.3, -0.25) is 4.79 Å². The van der Waals surface area contributed by atoms with E-state index in [-0.39, 0.29) is 29.2 Å².